The number of hydrogen-bond acceptors (Lipinski definition) is 6. The Balaban J connectivity index is 1.56. The van der Waals surface area contributed by atoms with Gasteiger partial charge in [-0.25, -0.2) is 9.78 Å². The number of benzene rings is 1. The van der Waals surface area contributed by atoms with Crippen molar-refractivity contribution >= 4 is 33.3 Å². The van der Waals surface area contributed by atoms with E-state index in [4.69, 9.17) is 10.1 Å². The Hall–Kier alpha value is -2.81. The second-order valence-corrected chi connectivity index (χ2v) is 11.1. The lowest BCUT2D eigenvalue weighted by atomic mass is 10.1. The number of rotatable bonds is 5. The molecule has 0 aliphatic carbocycles. The minimum atomic E-state index is -0.132. The van der Waals surface area contributed by atoms with E-state index in [-0.39, 0.29) is 11.6 Å². The Morgan fingerprint density at radius 3 is 2.55 bits per heavy atom. The molecule has 2 N–H and O–H groups in total. The molecule has 33 heavy (non-hydrogen) atoms. The highest BCUT2D eigenvalue weighted by molar-refractivity contribution is 7.20. The summed E-state index contributed by atoms with van der Waals surface area (Å²) in [6.07, 6.45) is 0. The van der Waals surface area contributed by atoms with Crippen LogP contribution in [0.15, 0.2) is 24.3 Å². The number of carbonyl (C=O) groups is 1. The molecule has 0 radical (unpaired) electrons. The monoisotopic (exact) mass is 469 g/mol. The third-order valence-electron chi connectivity index (χ3n) is 5.48. The fourth-order valence-electron chi connectivity index (χ4n) is 3.83. The minimum absolute atomic E-state index is 0.0248. The number of hydrogen-bond donors (Lipinski definition) is 2. The summed E-state index contributed by atoms with van der Waals surface area (Å²) in [6, 6.07) is 8.44. The van der Waals surface area contributed by atoms with Gasteiger partial charge in [-0.3, -0.25) is 0 Å². The molecule has 4 rings (SSSR count). The fraction of sp³-hybridized carbons (Fsp3) is 0.542. The molecule has 1 aromatic carbocycles. The van der Waals surface area contributed by atoms with Gasteiger partial charge >= 0.3 is 6.03 Å². The summed E-state index contributed by atoms with van der Waals surface area (Å²) in [7, 11) is 0. The van der Waals surface area contributed by atoms with E-state index in [0.29, 0.717) is 25.6 Å². The van der Waals surface area contributed by atoms with Crippen LogP contribution >= 0.6 is 11.3 Å². The van der Waals surface area contributed by atoms with Gasteiger partial charge in [0, 0.05) is 43.8 Å². The van der Waals surface area contributed by atoms with Crippen molar-refractivity contribution in [1.82, 2.24) is 24.8 Å². The minimum Gasteiger partial charge on any atom is -0.364 e. The average Bonchev–Trinajstić information content (AvgIpc) is 3.30. The second-order valence-electron chi connectivity index (χ2n) is 10.2. The first-order valence-electron chi connectivity index (χ1n) is 11.6. The van der Waals surface area contributed by atoms with Crippen LogP contribution in [-0.2, 0) is 0 Å². The SMILES string of the molecule is Cc1cccc(-c2nc3sc(N4CCN(C(=O)NCC(C)C)CC4)nn3c2NC(C)(C)C)c1. The Kier molecular flexibility index (Phi) is 6.52. The molecule has 9 heteroatoms. The first-order valence-corrected chi connectivity index (χ1v) is 12.4. The molecule has 0 unspecified atom stereocenters. The maximum absolute atomic E-state index is 12.4. The summed E-state index contributed by atoms with van der Waals surface area (Å²) < 4.78 is 1.94. The lowest BCUT2D eigenvalue weighted by Crippen LogP contribution is -2.52. The Labute approximate surface area is 200 Å². The van der Waals surface area contributed by atoms with Gasteiger partial charge in [0.2, 0.25) is 10.1 Å². The van der Waals surface area contributed by atoms with Gasteiger partial charge < -0.3 is 20.4 Å². The van der Waals surface area contributed by atoms with E-state index >= 15 is 0 Å². The van der Waals surface area contributed by atoms with E-state index in [0.717, 1.165) is 40.3 Å². The topological polar surface area (TPSA) is 77.8 Å². The van der Waals surface area contributed by atoms with Crippen LogP contribution in [0.2, 0.25) is 0 Å². The number of amides is 2. The maximum Gasteiger partial charge on any atom is 0.317 e. The van der Waals surface area contributed by atoms with Crippen LogP contribution in [0.5, 0.6) is 0 Å². The van der Waals surface area contributed by atoms with Crippen molar-refractivity contribution in [1.29, 1.82) is 0 Å². The summed E-state index contributed by atoms with van der Waals surface area (Å²) in [5.41, 5.74) is 3.08. The molecule has 0 bridgehead atoms. The van der Waals surface area contributed by atoms with Gasteiger partial charge in [-0.15, -0.1) is 5.10 Å². The zero-order valence-corrected chi connectivity index (χ0v) is 21.3. The molecule has 3 heterocycles. The van der Waals surface area contributed by atoms with Gasteiger partial charge in [-0.1, -0.05) is 48.9 Å². The number of fused-ring (bicyclic) bond motifs is 1. The summed E-state index contributed by atoms with van der Waals surface area (Å²) >= 11 is 1.60. The van der Waals surface area contributed by atoms with E-state index in [1.807, 2.05) is 9.42 Å². The lowest BCUT2D eigenvalue weighted by Gasteiger charge is -2.34. The van der Waals surface area contributed by atoms with Crippen LogP contribution in [0.25, 0.3) is 16.2 Å². The number of aryl methyl sites for hydroxylation is 1. The van der Waals surface area contributed by atoms with Crippen LogP contribution in [0.3, 0.4) is 0 Å². The lowest BCUT2D eigenvalue weighted by molar-refractivity contribution is 0.193. The highest BCUT2D eigenvalue weighted by Crippen LogP contribution is 2.35. The molecule has 2 aromatic heterocycles. The first-order chi connectivity index (χ1) is 15.6. The normalized spacial score (nSPS) is 14.9. The quantitative estimate of drug-likeness (QED) is 0.577. The molecule has 1 aliphatic rings. The Bertz CT molecular complexity index is 1120. The van der Waals surface area contributed by atoms with Crippen LogP contribution < -0.4 is 15.5 Å². The van der Waals surface area contributed by atoms with Gasteiger partial charge in [0.15, 0.2) is 5.82 Å². The average molecular weight is 470 g/mol. The van der Waals surface area contributed by atoms with Crippen molar-refractivity contribution in [3.8, 4) is 11.3 Å². The summed E-state index contributed by atoms with van der Waals surface area (Å²) in [6.45, 7) is 16.3. The molecule has 1 fully saturated rings. The number of imidazole rings is 1. The van der Waals surface area contributed by atoms with Gasteiger partial charge in [-0.05, 0) is 39.7 Å². The van der Waals surface area contributed by atoms with E-state index in [9.17, 15) is 4.79 Å². The van der Waals surface area contributed by atoms with Gasteiger partial charge in [-0.2, -0.15) is 4.52 Å². The standard InChI is InChI=1S/C24H35N7OS/c1-16(2)15-25-21(32)29-10-12-30(13-11-29)23-28-31-20(27-24(4,5)6)19(26-22(31)33-23)18-9-7-8-17(3)14-18/h7-9,14,16,27H,10-13,15H2,1-6H3,(H,25,32). The summed E-state index contributed by atoms with van der Waals surface area (Å²) in [4.78, 5) is 22.3. The second kappa shape index (κ2) is 9.21. The van der Waals surface area contributed by atoms with Gasteiger partial charge in [0.05, 0.1) is 0 Å². The summed E-state index contributed by atoms with van der Waals surface area (Å²) in [5, 5.41) is 12.5. The number of carbonyl (C=O) groups excluding carboxylic acids is 1. The molecule has 3 aromatic rings. The zero-order chi connectivity index (χ0) is 23.8. The molecule has 0 atom stereocenters. The largest absolute Gasteiger partial charge is 0.364 e. The van der Waals surface area contributed by atoms with Crippen molar-refractivity contribution in [3.63, 3.8) is 0 Å². The molecule has 8 nitrogen and oxygen atoms in total. The predicted molar refractivity (Wildman–Crippen MR) is 136 cm³/mol. The number of nitrogens with one attached hydrogen (secondary N) is 2. The molecule has 178 valence electrons. The Morgan fingerprint density at radius 2 is 1.91 bits per heavy atom. The molecule has 1 aliphatic heterocycles. The highest BCUT2D eigenvalue weighted by atomic mass is 32.1. The number of piperazine rings is 1. The van der Waals surface area contributed by atoms with Crippen molar-refractivity contribution < 1.29 is 4.79 Å². The number of nitrogens with zero attached hydrogens (tertiary/aromatic N) is 5. The molecular weight excluding hydrogens is 434 g/mol. The third kappa shape index (κ3) is 5.40. The van der Waals surface area contributed by atoms with Crippen molar-refractivity contribution in [2.45, 2.75) is 47.1 Å². The van der Waals surface area contributed by atoms with E-state index < -0.39 is 0 Å². The van der Waals surface area contributed by atoms with Gasteiger partial charge in [0.1, 0.15) is 5.69 Å². The van der Waals surface area contributed by atoms with Crippen LogP contribution in [0.1, 0.15) is 40.2 Å². The van der Waals surface area contributed by atoms with Crippen molar-refractivity contribution in [2.24, 2.45) is 5.92 Å². The smallest absolute Gasteiger partial charge is 0.317 e. The highest BCUT2D eigenvalue weighted by Gasteiger charge is 2.26. The molecule has 0 saturated carbocycles. The van der Waals surface area contributed by atoms with E-state index in [1.54, 1.807) is 11.3 Å². The van der Waals surface area contributed by atoms with Gasteiger partial charge in [0.25, 0.3) is 0 Å². The van der Waals surface area contributed by atoms with Crippen LogP contribution in [0, 0.1) is 12.8 Å². The zero-order valence-electron chi connectivity index (χ0n) is 20.5. The predicted octanol–water partition coefficient (Wildman–Crippen LogP) is 4.46. The van der Waals surface area contributed by atoms with E-state index in [1.165, 1.54) is 5.56 Å². The number of urea groups is 1. The molecule has 0 spiro atoms. The first kappa shape index (κ1) is 23.4. The van der Waals surface area contributed by atoms with Crippen LogP contribution in [0.4, 0.5) is 15.7 Å². The Morgan fingerprint density at radius 1 is 1.18 bits per heavy atom. The van der Waals surface area contributed by atoms with Crippen molar-refractivity contribution in [3.05, 3.63) is 29.8 Å². The molecular formula is C24H35N7OS. The molecule has 1 saturated heterocycles. The van der Waals surface area contributed by atoms with Crippen LogP contribution in [-0.4, -0.2) is 63.8 Å². The fourth-order valence-corrected chi connectivity index (χ4v) is 4.78. The number of aromatic nitrogens is 3. The molecule has 2 amide bonds. The van der Waals surface area contributed by atoms with E-state index in [2.05, 4.69) is 81.3 Å². The summed E-state index contributed by atoms with van der Waals surface area (Å²) in [5.74, 6) is 1.36. The number of anilines is 2. The third-order valence-corrected chi connectivity index (χ3v) is 6.45. The van der Waals surface area contributed by atoms with Crippen molar-refractivity contribution in [2.75, 3.05) is 42.9 Å². The maximum atomic E-state index is 12.4.